The van der Waals surface area contributed by atoms with Gasteiger partial charge in [0.05, 0.1) is 25.4 Å². The lowest BCUT2D eigenvalue weighted by Crippen LogP contribution is -2.18. The third-order valence-corrected chi connectivity index (χ3v) is 3.98. The molecule has 3 aromatic rings. The molecule has 0 N–H and O–H groups in total. The predicted molar refractivity (Wildman–Crippen MR) is 116 cm³/mol. The van der Waals surface area contributed by atoms with Crippen molar-refractivity contribution in [1.82, 2.24) is 9.97 Å². The minimum absolute atomic E-state index is 0.265. The molecule has 0 fully saturated rings. The lowest BCUT2D eigenvalue weighted by Gasteiger charge is -2.19. The van der Waals surface area contributed by atoms with Gasteiger partial charge in [-0.25, -0.2) is 14.2 Å². The summed E-state index contributed by atoms with van der Waals surface area (Å²) in [4.78, 5) is 21.8. The third kappa shape index (κ3) is 5.20. The molecule has 0 aliphatic heterocycles. The molecule has 7 heteroatoms. The van der Waals surface area contributed by atoms with Crippen LogP contribution < -0.4 is 4.90 Å². The molecule has 0 atom stereocenters. The Morgan fingerprint density at radius 1 is 1.17 bits per heavy atom. The van der Waals surface area contributed by atoms with Crippen molar-refractivity contribution >= 4 is 30.0 Å². The molecule has 0 aliphatic rings. The van der Waals surface area contributed by atoms with Crippen molar-refractivity contribution in [3.8, 4) is 0 Å². The zero-order valence-electron chi connectivity index (χ0n) is 17.3. The number of aromatic nitrogens is 2. The summed E-state index contributed by atoms with van der Waals surface area (Å²) in [6.07, 6.45) is 4.22. The van der Waals surface area contributed by atoms with Gasteiger partial charge >= 0.3 is 12.0 Å². The zero-order valence-corrected chi connectivity index (χ0v) is 17.3. The molecule has 0 saturated heterocycles. The van der Waals surface area contributed by atoms with E-state index >= 15 is 0 Å². The maximum Gasteiger partial charge on any atom is 0.337 e. The summed E-state index contributed by atoms with van der Waals surface area (Å²) in [5.41, 5.74) is 1.84. The van der Waals surface area contributed by atoms with Crippen LogP contribution >= 0.6 is 0 Å². The van der Waals surface area contributed by atoms with Crippen molar-refractivity contribution in [3.63, 3.8) is 0 Å². The van der Waals surface area contributed by atoms with Crippen LogP contribution in [-0.2, 0) is 11.3 Å². The normalized spacial score (nSPS) is 9.87. The third-order valence-electron chi connectivity index (χ3n) is 3.98. The molecule has 0 saturated carbocycles. The molecular weight excluding hydrogens is 385 g/mol. The molecule has 2 aromatic heterocycles. The Hall–Kier alpha value is -3.74. The lowest BCUT2D eigenvalue weighted by molar-refractivity contribution is 0.0600. The van der Waals surface area contributed by atoms with E-state index in [-0.39, 0.29) is 6.01 Å². The number of pyridine rings is 1. The highest BCUT2D eigenvalue weighted by Crippen LogP contribution is 2.28. The van der Waals surface area contributed by atoms with Gasteiger partial charge in [0, 0.05) is 0 Å². The van der Waals surface area contributed by atoms with Crippen molar-refractivity contribution in [2.45, 2.75) is 20.4 Å². The highest BCUT2D eigenvalue weighted by atomic mass is 19.1. The summed E-state index contributed by atoms with van der Waals surface area (Å²) in [5, 5.41) is 0. The molecule has 0 unspecified atom stereocenters. The molecule has 6 nitrogen and oxygen atoms in total. The van der Waals surface area contributed by atoms with Crippen LogP contribution in [0, 0.1) is 5.82 Å². The van der Waals surface area contributed by atoms with Gasteiger partial charge in [0.2, 0.25) is 0 Å². The Bertz CT molecular complexity index is 970. The fourth-order valence-corrected chi connectivity index (χ4v) is 2.56. The molecule has 0 amide bonds. The average molecular weight is 409 g/mol. The van der Waals surface area contributed by atoms with E-state index in [4.69, 9.17) is 9.15 Å². The summed E-state index contributed by atoms with van der Waals surface area (Å²) in [6.45, 7) is 11.7. The molecule has 2 heterocycles. The second-order valence-corrected chi connectivity index (χ2v) is 5.76. The highest BCUT2D eigenvalue weighted by molar-refractivity contribution is 5.89. The molecule has 0 bridgehead atoms. The summed E-state index contributed by atoms with van der Waals surface area (Å²) in [7, 11) is 1.33. The van der Waals surface area contributed by atoms with E-state index in [1.807, 2.05) is 13.8 Å². The first-order valence-corrected chi connectivity index (χ1v) is 9.37. The number of benzene rings is 1. The van der Waals surface area contributed by atoms with Gasteiger partial charge in [0.15, 0.2) is 5.76 Å². The van der Waals surface area contributed by atoms with Crippen LogP contribution in [-0.4, -0.2) is 23.0 Å². The molecule has 30 heavy (non-hydrogen) atoms. The molecule has 0 radical (unpaired) electrons. The first-order chi connectivity index (χ1) is 14.5. The summed E-state index contributed by atoms with van der Waals surface area (Å²) >= 11 is 0. The van der Waals surface area contributed by atoms with E-state index < -0.39 is 11.8 Å². The van der Waals surface area contributed by atoms with Gasteiger partial charge < -0.3 is 9.15 Å². The van der Waals surface area contributed by atoms with Crippen molar-refractivity contribution in [1.29, 1.82) is 0 Å². The number of anilines is 2. The molecule has 156 valence electrons. The summed E-state index contributed by atoms with van der Waals surface area (Å²) < 4.78 is 23.8. The Labute approximate surface area is 175 Å². The van der Waals surface area contributed by atoms with Crippen LogP contribution in [0.4, 0.5) is 16.2 Å². The standard InChI is InChI=1S/C21H18FN3O3.C2H6/c1-4-17-18(5-2)28-21(24-17)25(19-11-10-16(22)12-23-19)13-14-6-8-15(9-7-14)20(26)27-3;1-2/h4-12H,1-2,13H2,3H3;1-2H3. The molecular formula is C23H24FN3O3. The summed E-state index contributed by atoms with van der Waals surface area (Å²) in [5.74, 6) is 0.0590. The van der Waals surface area contributed by atoms with Gasteiger partial charge in [0.1, 0.15) is 17.3 Å². The van der Waals surface area contributed by atoms with Crippen LogP contribution in [0.25, 0.3) is 12.2 Å². The largest absolute Gasteiger partial charge is 0.465 e. The Morgan fingerprint density at radius 3 is 2.37 bits per heavy atom. The number of methoxy groups -OCH3 is 1. The van der Waals surface area contributed by atoms with Gasteiger partial charge in [-0.1, -0.05) is 39.1 Å². The maximum absolute atomic E-state index is 13.3. The van der Waals surface area contributed by atoms with E-state index in [0.29, 0.717) is 29.4 Å². The van der Waals surface area contributed by atoms with E-state index in [9.17, 15) is 9.18 Å². The molecule has 1 aromatic carbocycles. The first kappa shape index (κ1) is 22.5. The van der Waals surface area contributed by atoms with E-state index in [0.717, 1.165) is 11.8 Å². The van der Waals surface area contributed by atoms with Crippen molar-refractivity contribution < 1.29 is 18.3 Å². The van der Waals surface area contributed by atoms with Crippen LogP contribution in [0.15, 0.2) is 60.2 Å². The fourth-order valence-electron chi connectivity index (χ4n) is 2.56. The van der Waals surface area contributed by atoms with Crippen LogP contribution in [0.2, 0.25) is 0 Å². The van der Waals surface area contributed by atoms with E-state index in [1.165, 1.54) is 25.3 Å². The molecule has 0 aliphatic carbocycles. The second kappa shape index (κ2) is 10.7. The molecule has 0 spiro atoms. The number of halogens is 1. The zero-order chi connectivity index (χ0) is 22.1. The number of hydrogen-bond acceptors (Lipinski definition) is 6. The van der Waals surface area contributed by atoms with E-state index in [1.54, 1.807) is 35.2 Å². The van der Waals surface area contributed by atoms with Crippen LogP contribution in [0.1, 0.15) is 41.2 Å². The van der Waals surface area contributed by atoms with Crippen LogP contribution in [0.5, 0.6) is 0 Å². The number of ether oxygens (including phenoxy) is 1. The van der Waals surface area contributed by atoms with E-state index in [2.05, 4.69) is 23.1 Å². The highest BCUT2D eigenvalue weighted by Gasteiger charge is 2.19. The van der Waals surface area contributed by atoms with Gasteiger partial charge in [-0.15, -0.1) is 0 Å². The first-order valence-electron chi connectivity index (χ1n) is 9.37. The fraction of sp³-hybridized carbons (Fsp3) is 0.174. The average Bonchev–Trinajstić information content (AvgIpc) is 3.22. The number of nitrogens with zero attached hydrogens (tertiary/aromatic N) is 3. The second-order valence-electron chi connectivity index (χ2n) is 5.76. The topological polar surface area (TPSA) is 68.5 Å². The number of carbonyl (C=O) groups excluding carboxylic acids is 1. The number of rotatable bonds is 7. The Balaban J connectivity index is 0.00000155. The smallest absolute Gasteiger partial charge is 0.337 e. The quantitative estimate of drug-likeness (QED) is 0.470. The lowest BCUT2D eigenvalue weighted by atomic mass is 10.1. The SMILES string of the molecule is C=Cc1nc(N(Cc2ccc(C(=O)OC)cc2)c2ccc(F)cn2)oc1C=C.CC. The Kier molecular flexibility index (Phi) is 8.05. The minimum Gasteiger partial charge on any atom is -0.465 e. The minimum atomic E-state index is -0.447. The monoisotopic (exact) mass is 409 g/mol. The van der Waals surface area contributed by atoms with Gasteiger partial charge in [-0.3, -0.25) is 4.90 Å². The summed E-state index contributed by atoms with van der Waals surface area (Å²) in [6, 6.07) is 10.0. The maximum atomic E-state index is 13.3. The van der Waals surface area contributed by atoms with Crippen molar-refractivity contribution in [2.75, 3.05) is 12.0 Å². The van der Waals surface area contributed by atoms with Crippen molar-refractivity contribution in [3.05, 3.63) is 84.2 Å². The number of hydrogen-bond donors (Lipinski definition) is 0. The van der Waals surface area contributed by atoms with Crippen LogP contribution in [0.3, 0.4) is 0 Å². The number of carbonyl (C=O) groups is 1. The molecule has 3 rings (SSSR count). The van der Waals surface area contributed by atoms with Gasteiger partial charge in [-0.2, -0.15) is 4.98 Å². The Morgan fingerprint density at radius 2 is 1.87 bits per heavy atom. The van der Waals surface area contributed by atoms with Gasteiger partial charge in [-0.05, 0) is 42.0 Å². The predicted octanol–water partition coefficient (Wildman–Crippen LogP) is 5.65. The van der Waals surface area contributed by atoms with Crippen molar-refractivity contribution in [2.24, 2.45) is 0 Å². The van der Waals surface area contributed by atoms with Gasteiger partial charge in [0.25, 0.3) is 0 Å². The number of esters is 1. The number of oxazole rings is 1.